The smallest absolute Gasteiger partial charge is 0.256 e. The van der Waals surface area contributed by atoms with Crippen molar-refractivity contribution in [3.05, 3.63) is 70.4 Å². The zero-order valence-corrected chi connectivity index (χ0v) is 14.5. The van der Waals surface area contributed by atoms with Crippen molar-refractivity contribution in [1.82, 2.24) is 9.88 Å². The highest BCUT2D eigenvalue weighted by Gasteiger charge is 2.19. The van der Waals surface area contributed by atoms with Gasteiger partial charge in [-0.25, -0.2) is 4.98 Å². The fraction of sp³-hybridized carbons (Fsp3) is 0.222. The van der Waals surface area contributed by atoms with E-state index in [1.807, 2.05) is 60.8 Å². The molecule has 0 unspecified atom stereocenters. The van der Waals surface area contributed by atoms with E-state index >= 15 is 0 Å². The predicted molar refractivity (Wildman–Crippen MR) is 95.2 cm³/mol. The van der Waals surface area contributed by atoms with Crippen LogP contribution < -0.4 is 4.90 Å². The number of amides is 1. The number of pyridine rings is 1. The molecule has 0 radical (unpaired) electrons. The summed E-state index contributed by atoms with van der Waals surface area (Å²) in [5.74, 6) is 1.53. The minimum absolute atomic E-state index is 0.0578. The molecule has 1 amide bonds. The maximum atomic E-state index is 12.9. The first-order chi connectivity index (χ1) is 11.6. The molecule has 3 rings (SSSR count). The lowest BCUT2D eigenvalue weighted by Crippen LogP contribution is -2.29. The van der Waals surface area contributed by atoms with Gasteiger partial charge in [0.2, 0.25) is 0 Å². The van der Waals surface area contributed by atoms with E-state index in [0.717, 1.165) is 16.5 Å². The summed E-state index contributed by atoms with van der Waals surface area (Å²) >= 11 is 1.64. The number of nitrogens with zero attached hydrogens (tertiary/aromatic N) is 3. The maximum Gasteiger partial charge on any atom is 0.256 e. The lowest BCUT2D eigenvalue weighted by Gasteiger charge is -2.21. The number of anilines is 1. The fourth-order valence-corrected chi connectivity index (χ4v) is 3.06. The van der Waals surface area contributed by atoms with Gasteiger partial charge in [0.25, 0.3) is 5.91 Å². The van der Waals surface area contributed by atoms with Crippen LogP contribution in [0.5, 0.6) is 0 Å². The van der Waals surface area contributed by atoms with Crippen molar-refractivity contribution in [3.63, 3.8) is 0 Å². The van der Waals surface area contributed by atoms with Crippen LogP contribution in [-0.4, -0.2) is 29.9 Å². The Morgan fingerprint density at radius 3 is 2.62 bits per heavy atom. The van der Waals surface area contributed by atoms with Gasteiger partial charge in [-0.2, -0.15) is 0 Å². The summed E-state index contributed by atoms with van der Waals surface area (Å²) in [6.45, 7) is 0.978. The second-order valence-electron chi connectivity index (χ2n) is 5.62. The Bertz CT molecular complexity index is 729. The van der Waals surface area contributed by atoms with Crippen molar-refractivity contribution in [2.75, 3.05) is 19.0 Å². The monoisotopic (exact) mass is 341 g/mol. The topological polar surface area (TPSA) is 49.6 Å². The molecule has 0 spiro atoms. The zero-order valence-electron chi connectivity index (χ0n) is 13.7. The second kappa shape index (κ2) is 7.31. The highest BCUT2D eigenvalue weighted by atomic mass is 32.1. The first kappa shape index (κ1) is 16.3. The molecule has 5 nitrogen and oxygen atoms in total. The largest absolute Gasteiger partial charge is 0.467 e. The maximum absolute atomic E-state index is 12.9. The average Bonchev–Trinajstić information content (AvgIpc) is 3.27. The normalized spacial score (nSPS) is 10.6. The minimum atomic E-state index is -0.0578. The summed E-state index contributed by atoms with van der Waals surface area (Å²) in [6.07, 6.45) is 3.25. The van der Waals surface area contributed by atoms with Crippen LogP contribution in [0.25, 0.3) is 0 Å². The lowest BCUT2D eigenvalue weighted by molar-refractivity contribution is 0.0719. The molecule has 24 heavy (non-hydrogen) atoms. The van der Waals surface area contributed by atoms with Crippen molar-refractivity contribution >= 4 is 23.1 Å². The lowest BCUT2D eigenvalue weighted by atomic mass is 10.2. The fourth-order valence-electron chi connectivity index (χ4n) is 2.34. The number of carbonyl (C=O) groups is 1. The van der Waals surface area contributed by atoms with Crippen LogP contribution in [0.15, 0.2) is 58.7 Å². The third-order valence-electron chi connectivity index (χ3n) is 3.59. The van der Waals surface area contributed by atoms with Gasteiger partial charge < -0.3 is 14.2 Å². The van der Waals surface area contributed by atoms with Gasteiger partial charge in [-0.05, 0) is 35.7 Å². The van der Waals surface area contributed by atoms with Gasteiger partial charge in [-0.1, -0.05) is 6.07 Å². The molecule has 0 aliphatic carbocycles. The summed E-state index contributed by atoms with van der Waals surface area (Å²) < 4.78 is 5.41. The van der Waals surface area contributed by atoms with Crippen LogP contribution in [0.2, 0.25) is 0 Å². The number of carbonyl (C=O) groups excluding carboxylic acids is 1. The van der Waals surface area contributed by atoms with E-state index in [9.17, 15) is 4.79 Å². The van der Waals surface area contributed by atoms with Crippen LogP contribution in [0.3, 0.4) is 0 Å². The van der Waals surface area contributed by atoms with E-state index in [1.54, 1.807) is 28.7 Å². The molecular formula is C18H19N3O2S. The molecule has 0 saturated carbocycles. The highest BCUT2D eigenvalue weighted by Crippen LogP contribution is 2.18. The van der Waals surface area contributed by atoms with Gasteiger partial charge >= 0.3 is 0 Å². The van der Waals surface area contributed by atoms with E-state index < -0.39 is 0 Å². The molecule has 6 heteroatoms. The first-order valence-electron chi connectivity index (χ1n) is 7.61. The number of aromatic nitrogens is 1. The third-order valence-corrected chi connectivity index (χ3v) is 4.45. The van der Waals surface area contributed by atoms with Crippen LogP contribution in [0.1, 0.15) is 21.0 Å². The minimum Gasteiger partial charge on any atom is -0.467 e. The molecule has 0 saturated heterocycles. The summed E-state index contributed by atoms with van der Waals surface area (Å²) in [6, 6.07) is 11.4. The van der Waals surface area contributed by atoms with Crippen LogP contribution in [0, 0.1) is 0 Å². The van der Waals surface area contributed by atoms with E-state index in [2.05, 4.69) is 4.98 Å². The number of thiophene rings is 1. The summed E-state index contributed by atoms with van der Waals surface area (Å²) in [5, 5.41) is 2.01. The number of furan rings is 1. The van der Waals surface area contributed by atoms with Gasteiger partial charge in [-0.3, -0.25) is 4.79 Å². The Morgan fingerprint density at radius 1 is 1.17 bits per heavy atom. The molecule has 124 valence electrons. The van der Waals surface area contributed by atoms with Gasteiger partial charge in [0.1, 0.15) is 11.6 Å². The standard InChI is InChI=1S/C18H19N3O2S/c1-20(2)17-8-7-14(11-19-17)18(22)21(12-15-5-3-9-23-15)13-16-6-4-10-24-16/h3-11H,12-13H2,1-2H3. The van der Waals surface area contributed by atoms with Gasteiger partial charge in [0.05, 0.1) is 24.9 Å². The third kappa shape index (κ3) is 3.83. The zero-order chi connectivity index (χ0) is 16.9. The Morgan fingerprint density at radius 2 is 2.04 bits per heavy atom. The number of rotatable bonds is 6. The predicted octanol–water partition coefficient (Wildman–Crippen LogP) is 3.64. The summed E-state index contributed by atoms with van der Waals surface area (Å²) in [5.41, 5.74) is 0.573. The summed E-state index contributed by atoms with van der Waals surface area (Å²) in [7, 11) is 3.84. The van der Waals surface area contributed by atoms with E-state index in [4.69, 9.17) is 4.42 Å². The first-order valence-corrected chi connectivity index (χ1v) is 8.49. The van der Waals surface area contributed by atoms with Crippen LogP contribution in [-0.2, 0) is 13.1 Å². The van der Waals surface area contributed by atoms with Crippen LogP contribution >= 0.6 is 11.3 Å². The molecule has 3 aromatic heterocycles. The molecule has 0 aliphatic rings. The van der Waals surface area contributed by atoms with Crippen molar-refractivity contribution in [2.45, 2.75) is 13.1 Å². The van der Waals surface area contributed by atoms with Crippen molar-refractivity contribution in [1.29, 1.82) is 0 Å². The van der Waals surface area contributed by atoms with E-state index in [1.165, 1.54) is 0 Å². The Balaban J connectivity index is 1.81. The number of hydrogen-bond donors (Lipinski definition) is 0. The van der Waals surface area contributed by atoms with Gasteiger partial charge in [-0.15, -0.1) is 11.3 Å². The molecule has 0 aromatic carbocycles. The van der Waals surface area contributed by atoms with Crippen molar-refractivity contribution < 1.29 is 9.21 Å². The molecule has 0 aliphatic heterocycles. The van der Waals surface area contributed by atoms with Crippen molar-refractivity contribution in [2.24, 2.45) is 0 Å². The quantitative estimate of drug-likeness (QED) is 0.687. The van der Waals surface area contributed by atoms with E-state index in [-0.39, 0.29) is 5.91 Å². The average molecular weight is 341 g/mol. The highest BCUT2D eigenvalue weighted by molar-refractivity contribution is 7.09. The van der Waals surface area contributed by atoms with Gasteiger partial charge in [0, 0.05) is 25.2 Å². The SMILES string of the molecule is CN(C)c1ccc(C(=O)N(Cc2ccco2)Cc2cccs2)cn1. The summed E-state index contributed by atoms with van der Waals surface area (Å²) in [4.78, 5) is 22.1. The Labute approximate surface area is 145 Å². The Kier molecular flexibility index (Phi) is 4.96. The molecule has 3 aromatic rings. The molecule has 0 atom stereocenters. The molecule has 0 fully saturated rings. The number of hydrogen-bond acceptors (Lipinski definition) is 5. The second-order valence-corrected chi connectivity index (χ2v) is 6.65. The molecule has 3 heterocycles. The molecule has 0 bridgehead atoms. The van der Waals surface area contributed by atoms with Crippen molar-refractivity contribution in [3.8, 4) is 0 Å². The van der Waals surface area contributed by atoms with Crippen LogP contribution in [0.4, 0.5) is 5.82 Å². The molecule has 0 N–H and O–H groups in total. The molecular weight excluding hydrogens is 322 g/mol. The Hall–Kier alpha value is -2.60. The van der Waals surface area contributed by atoms with Gasteiger partial charge in [0.15, 0.2) is 0 Å². The van der Waals surface area contributed by atoms with E-state index in [0.29, 0.717) is 18.7 Å².